The van der Waals surface area contributed by atoms with Crippen LogP contribution in [0.25, 0.3) is 5.69 Å². The maximum Gasteiger partial charge on any atom is 0.377 e. The van der Waals surface area contributed by atoms with Crippen LogP contribution in [0, 0.1) is 5.82 Å². The molecule has 21 heavy (non-hydrogen) atoms. The monoisotopic (exact) mass is 294 g/mol. The van der Waals surface area contributed by atoms with Crippen molar-refractivity contribution >= 4 is 11.7 Å². The minimum absolute atomic E-state index is 0.0659. The minimum Gasteiger partial charge on any atom is -0.490 e. The zero-order chi connectivity index (χ0) is 15.4. The summed E-state index contributed by atoms with van der Waals surface area (Å²) >= 11 is 0. The highest BCUT2D eigenvalue weighted by atomic mass is 19.1. The third-order valence-electron chi connectivity index (χ3n) is 2.65. The van der Waals surface area contributed by atoms with Crippen molar-refractivity contribution in [2.24, 2.45) is 0 Å². The van der Waals surface area contributed by atoms with Gasteiger partial charge in [0.2, 0.25) is 0 Å². The molecule has 1 aromatic heterocycles. The number of rotatable bonds is 5. The Balaban J connectivity index is 2.38. The van der Waals surface area contributed by atoms with Crippen molar-refractivity contribution in [2.45, 2.75) is 13.3 Å². The topological polar surface area (TPSA) is 92.3 Å². The Morgan fingerprint density at radius 1 is 1.48 bits per heavy atom. The van der Waals surface area contributed by atoms with Crippen molar-refractivity contribution in [3.63, 3.8) is 0 Å². The van der Waals surface area contributed by atoms with Crippen molar-refractivity contribution in [3.8, 4) is 11.4 Å². The molecule has 0 aliphatic heterocycles. The van der Waals surface area contributed by atoms with Gasteiger partial charge in [0.05, 0.1) is 25.1 Å². The summed E-state index contributed by atoms with van der Waals surface area (Å²) in [7, 11) is 1.23. The summed E-state index contributed by atoms with van der Waals surface area (Å²) in [6.45, 7) is 2.29. The summed E-state index contributed by atoms with van der Waals surface area (Å²) in [6.07, 6.45) is 2.04. The second-order valence-corrected chi connectivity index (χ2v) is 4.19. The van der Waals surface area contributed by atoms with Crippen LogP contribution >= 0.6 is 0 Å². The molecule has 0 saturated carbocycles. The number of nitrogens with two attached hydrogens (primary N) is 1. The van der Waals surface area contributed by atoms with Crippen molar-refractivity contribution in [3.05, 3.63) is 30.1 Å². The Labute approximate surface area is 120 Å². The molecule has 0 spiro atoms. The number of hydrogen-bond donors (Lipinski definition) is 1. The fraction of sp³-hybridized carbons (Fsp3) is 0.308. The molecule has 0 aliphatic carbocycles. The zero-order valence-electron chi connectivity index (χ0n) is 11.7. The number of benzene rings is 1. The molecule has 112 valence electrons. The lowest BCUT2D eigenvalue weighted by molar-refractivity contribution is 0.0587. The minimum atomic E-state index is -0.670. The van der Waals surface area contributed by atoms with Gasteiger partial charge in [-0.25, -0.2) is 18.9 Å². The van der Waals surface area contributed by atoms with Crippen LogP contribution in [-0.2, 0) is 4.74 Å². The molecule has 1 aromatic carbocycles. The van der Waals surface area contributed by atoms with Gasteiger partial charge in [-0.05, 0) is 6.42 Å². The number of nitrogens with zero attached hydrogens (tertiary/aromatic N) is 3. The van der Waals surface area contributed by atoms with E-state index in [-0.39, 0.29) is 17.3 Å². The highest BCUT2D eigenvalue weighted by Crippen LogP contribution is 2.26. The first-order valence-corrected chi connectivity index (χ1v) is 6.29. The summed E-state index contributed by atoms with van der Waals surface area (Å²) in [5, 5.41) is 3.94. The van der Waals surface area contributed by atoms with Crippen molar-refractivity contribution in [1.29, 1.82) is 0 Å². The van der Waals surface area contributed by atoms with Crippen LogP contribution in [0.4, 0.5) is 10.1 Å². The number of ether oxygens (including phenoxy) is 2. The van der Waals surface area contributed by atoms with Crippen LogP contribution < -0.4 is 10.5 Å². The van der Waals surface area contributed by atoms with Crippen LogP contribution in [0.1, 0.15) is 24.0 Å². The Hall–Kier alpha value is -2.64. The van der Waals surface area contributed by atoms with Crippen molar-refractivity contribution < 1.29 is 18.7 Å². The van der Waals surface area contributed by atoms with E-state index in [4.69, 9.17) is 10.5 Å². The van der Waals surface area contributed by atoms with Crippen LogP contribution in [-0.4, -0.2) is 34.5 Å². The Kier molecular flexibility index (Phi) is 4.36. The molecule has 0 bridgehead atoms. The number of anilines is 1. The lowest BCUT2D eigenvalue weighted by Gasteiger charge is -2.10. The SMILES string of the molecule is CCCOc1cc(-n2cnc(C(=O)OC)n2)c(N)cc1F. The highest BCUT2D eigenvalue weighted by Gasteiger charge is 2.15. The zero-order valence-corrected chi connectivity index (χ0v) is 11.7. The van der Waals surface area contributed by atoms with Crippen LogP contribution in [0.5, 0.6) is 5.75 Å². The number of carbonyl (C=O) groups excluding carboxylic acids is 1. The maximum absolute atomic E-state index is 13.7. The summed E-state index contributed by atoms with van der Waals surface area (Å²) in [6, 6.07) is 2.55. The lowest BCUT2D eigenvalue weighted by atomic mass is 10.2. The van der Waals surface area contributed by atoms with Gasteiger partial charge in [0.15, 0.2) is 11.6 Å². The van der Waals surface area contributed by atoms with Gasteiger partial charge in [-0.1, -0.05) is 6.92 Å². The van der Waals surface area contributed by atoms with Gasteiger partial charge in [-0.15, -0.1) is 5.10 Å². The van der Waals surface area contributed by atoms with E-state index in [0.29, 0.717) is 12.3 Å². The normalized spacial score (nSPS) is 10.4. The number of nitrogen functional groups attached to an aromatic ring is 1. The average Bonchev–Trinajstić information content (AvgIpc) is 2.95. The third kappa shape index (κ3) is 3.10. The molecule has 0 aliphatic rings. The second-order valence-electron chi connectivity index (χ2n) is 4.19. The van der Waals surface area contributed by atoms with Crippen molar-refractivity contribution in [1.82, 2.24) is 14.8 Å². The van der Waals surface area contributed by atoms with E-state index >= 15 is 0 Å². The van der Waals surface area contributed by atoms with Gasteiger partial charge < -0.3 is 15.2 Å². The Morgan fingerprint density at radius 3 is 2.90 bits per heavy atom. The molecule has 2 rings (SSSR count). The Bertz CT molecular complexity index is 657. The van der Waals surface area contributed by atoms with E-state index in [1.54, 1.807) is 0 Å². The highest BCUT2D eigenvalue weighted by molar-refractivity contribution is 5.84. The predicted molar refractivity (Wildman–Crippen MR) is 72.9 cm³/mol. The quantitative estimate of drug-likeness (QED) is 0.664. The van der Waals surface area contributed by atoms with Gasteiger partial charge >= 0.3 is 5.97 Å². The predicted octanol–water partition coefficient (Wildman–Crippen LogP) is 1.56. The largest absolute Gasteiger partial charge is 0.490 e. The molecule has 0 saturated heterocycles. The van der Waals surface area contributed by atoms with Gasteiger partial charge in [-0.2, -0.15) is 0 Å². The number of esters is 1. The summed E-state index contributed by atoms with van der Waals surface area (Å²) in [5.74, 6) is -1.27. The fourth-order valence-corrected chi connectivity index (χ4v) is 1.64. The first-order chi connectivity index (χ1) is 10.1. The summed E-state index contributed by atoms with van der Waals surface area (Å²) in [5.41, 5.74) is 6.28. The van der Waals surface area contributed by atoms with E-state index in [1.807, 2.05) is 6.92 Å². The molecular formula is C13H15FN4O3. The third-order valence-corrected chi connectivity index (χ3v) is 2.65. The molecule has 2 aromatic rings. The molecule has 8 heteroatoms. The van der Waals surface area contributed by atoms with Gasteiger partial charge in [0, 0.05) is 12.1 Å². The number of aromatic nitrogens is 3. The molecule has 2 N–H and O–H groups in total. The van der Waals surface area contributed by atoms with E-state index in [2.05, 4.69) is 14.8 Å². The molecule has 0 fully saturated rings. The molecule has 0 unspecified atom stereocenters. The molecule has 0 amide bonds. The first kappa shape index (κ1) is 14.8. The van der Waals surface area contributed by atoms with Crippen LogP contribution in [0.15, 0.2) is 18.5 Å². The van der Waals surface area contributed by atoms with Crippen LogP contribution in [0.2, 0.25) is 0 Å². The summed E-state index contributed by atoms with van der Waals surface area (Å²) < 4.78 is 24.8. The lowest BCUT2D eigenvalue weighted by Crippen LogP contribution is -2.07. The second kappa shape index (κ2) is 6.21. The Morgan fingerprint density at radius 2 is 2.24 bits per heavy atom. The molecule has 7 nitrogen and oxygen atoms in total. The fourth-order valence-electron chi connectivity index (χ4n) is 1.64. The number of halogens is 1. The first-order valence-electron chi connectivity index (χ1n) is 6.29. The van der Waals surface area contributed by atoms with E-state index in [9.17, 15) is 9.18 Å². The molecule has 0 atom stereocenters. The van der Waals surface area contributed by atoms with E-state index in [1.165, 1.54) is 24.2 Å². The van der Waals surface area contributed by atoms with E-state index in [0.717, 1.165) is 12.5 Å². The molecule has 1 heterocycles. The number of hydrogen-bond acceptors (Lipinski definition) is 6. The van der Waals surface area contributed by atoms with Gasteiger partial charge in [0.25, 0.3) is 5.82 Å². The number of methoxy groups -OCH3 is 1. The molecule has 0 radical (unpaired) electrons. The maximum atomic E-state index is 13.7. The standard InChI is InChI=1S/C13H15FN4O3/c1-3-4-21-11-6-10(9(15)5-8(11)14)18-7-16-12(17-18)13(19)20-2/h5-7H,3-4,15H2,1-2H3. The average molecular weight is 294 g/mol. The van der Waals surface area contributed by atoms with Crippen molar-refractivity contribution in [2.75, 3.05) is 19.5 Å². The van der Waals surface area contributed by atoms with E-state index < -0.39 is 11.8 Å². The van der Waals surface area contributed by atoms with Gasteiger partial charge in [-0.3, -0.25) is 0 Å². The van der Waals surface area contributed by atoms with Crippen LogP contribution in [0.3, 0.4) is 0 Å². The molecular weight excluding hydrogens is 279 g/mol. The number of carbonyl (C=O) groups is 1. The smallest absolute Gasteiger partial charge is 0.377 e. The summed E-state index contributed by atoms with van der Waals surface area (Å²) in [4.78, 5) is 15.1. The van der Waals surface area contributed by atoms with Gasteiger partial charge in [0.1, 0.15) is 6.33 Å².